The molecule has 94 valence electrons. The van der Waals surface area contributed by atoms with Crippen LogP contribution < -0.4 is 10.5 Å². The minimum absolute atomic E-state index is 0.0325. The third-order valence-electron chi connectivity index (χ3n) is 3.72. The first-order valence-electron chi connectivity index (χ1n) is 6.69. The van der Waals surface area contributed by atoms with Crippen LogP contribution in [0.1, 0.15) is 51.1 Å². The van der Waals surface area contributed by atoms with Gasteiger partial charge >= 0.3 is 0 Å². The van der Waals surface area contributed by atoms with Crippen molar-refractivity contribution < 1.29 is 4.74 Å². The zero-order valence-electron chi connectivity index (χ0n) is 10.9. The van der Waals surface area contributed by atoms with Crippen molar-refractivity contribution in [2.24, 2.45) is 11.7 Å². The van der Waals surface area contributed by atoms with Crippen molar-refractivity contribution in [3.05, 3.63) is 29.8 Å². The SMILES string of the molecule is CC1CCCCC1Oc1ccccc1[C@@H](C)N. The molecule has 0 spiro atoms. The van der Waals surface area contributed by atoms with E-state index < -0.39 is 0 Å². The summed E-state index contributed by atoms with van der Waals surface area (Å²) in [6.07, 6.45) is 5.45. The zero-order valence-corrected chi connectivity index (χ0v) is 10.9. The van der Waals surface area contributed by atoms with E-state index in [2.05, 4.69) is 13.0 Å². The van der Waals surface area contributed by atoms with E-state index in [1.165, 1.54) is 25.7 Å². The molecule has 0 bridgehead atoms. The number of hydrogen-bond donors (Lipinski definition) is 1. The average Bonchev–Trinajstić information content (AvgIpc) is 2.32. The molecule has 2 rings (SSSR count). The van der Waals surface area contributed by atoms with Gasteiger partial charge in [-0.1, -0.05) is 31.5 Å². The van der Waals surface area contributed by atoms with Gasteiger partial charge in [-0.15, -0.1) is 0 Å². The van der Waals surface area contributed by atoms with Gasteiger partial charge < -0.3 is 10.5 Å². The first kappa shape index (κ1) is 12.4. The molecule has 1 fully saturated rings. The van der Waals surface area contributed by atoms with Crippen LogP contribution in [0.2, 0.25) is 0 Å². The fourth-order valence-corrected chi connectivity index (χ4v) is 2.58. The maximum atomic E-state index is 6.18. The number of hydrogen-bond acceptors (Lipinski definition) is 2. The summed E-state index contributed by atoms with van der Waals surface area (Å²) >= 11 is 0. The molecule has 0 saturated heterocycles. The number of rotatable bonds is 3. The van der Waals surface area contributed by atoms with Crippen LogP contribution >= 0.6 is 0 Å². The molecule has 17 heavy (non-hydrogen) atoms. The molecule has 2 nitrogen and oxygen atoms in total. The van der Waals surface area contributed by atoms with Crippen LogP contribution in [-0.2, 0) is 0 Å². The maximum Gasteiger partial charge on any atom is 0.124 e. The number of nitrogens with two attached hydrogens (primary N) is 1. The van der Waals surface area contributed by atoms with Gasteiger partial charge in [0.15, 0.2) is 0 Å². The Labute approximate surface area is 104 Å². The fourth-order valence-electron chi connectivity index (χ4n) is 2.58. The average molecular weight is 233 g/mol. The van der Waals surface area contributed by atoms with Gasteiger partial charge in [-0.25, -0.2) is 0 Å². The van der Waals surface area contributed by atoms with Crippen LogP contribution in [0, 0.1) is 5.92 Å². The molecule has 0 aromatic heterocycles. The molecule has 0 heterocycles. The maximum absolute atomic E-state index is 6.18. The molecule has 2 heteroatoms. The Morgan fingerprint density at radius 3 is 2.65 bits per heavy atom. The normalized spacial score (nSPS) is 26.5. The second-order valence-electron chi connectivity index (χ2n) is 5.24. The minimum Gasteiger partial charge on any atom is -0.490 e. The second kappa shape index (κ2) is 5.54. The fraction of sp³-hybridized carbons (Fsp3) is 0.600. The molecular weight excluding hydrogens is 210 g/mol. The van der Waals surface area contributed by atoms with Gasteiger partial charge in [-0.3, -0.25) is 0 Å². The second-order valence-corrected chi connectivity index (χ2v) is 5.24. The Bertz CT molecular complexity index is 362. The van der Waals surface area contributed by atoms with Crippen LogP contribution in [0.3, 0.4) is 0 Å². The Hall–Kier alpha value is -1.02. The summed E-state index contributed by atoms with van der Waals surface area (Å²) in [5, 5.41) is 0. The first-order valence-corrected chi connectivity index (χ1v) is 6.69. The zero-order chi connectivity index (χ0) is 12.3. The molecule has 0 aliphatic heterocycles. The lowest BCUT2D eigenvalue weighted by molar-refractivity contribution is 0.101. The van der Waals surface area contributed by atoms with E-state index in [0.29, 0.717) is 12.0 Å². The van der Waals surface area contributed by atoms with Crippen LogP contribution in [0.15, 0.2) is 24.3 Å². The van der Waals surface area contributed by atoms with Gasteiger partial charge in [0.05, 0.1) is 0 Å². The molecule has 1 aliphatic carbocycles. The molecule has 2 N–H and O–H groups in total. The van der Waals surface area contributed by atoms with Crippen molar-refractivity contribution in [1.29, 1.82) is 0 Å². The van der Waals surface area contributed by atoms with Crippen molar-refractivity contribution in [1.82, 2.24) is 0 Å². The Morgan fingerprint density at radius 2 is 1.94 bits per heavy atom. The highest BCUT2D eigenvalue weighted by Crippen LogP contribution is 2.31. The summed E-state index contributed by atoms with van der Waals surface area (Å²) in [5.41, 5.74) is 7.09. The van der Waals surface area contributed by atoms with Gasteiger partial charge in [0, 0.05) is 11.6 Å². The molecule has 0 radical (unpaired) electrons. The van der Waals surface area contributed by atoms with Crippen LogP contribution in [0.25, 0.3) is 0 Å². The Morgan fingerprint density at radius 1 is 1.24 bits per heavy atom. The van der Waals surface area contributed by atoms with E-state index in [1.54, 1.807) is 0 Å². The summed E-state index contributed by atoms with van der Waals surface area (Å²) in [7, 11) is 0. The number of para-hydroxylation sites is 1. The summed E-state index contributed by atoms with van der Waals surface area (Å²) < 4.78 is 6.18. The molecule has 1 saturated carbocycles. The predicted molar refractivity (Wildman–Crippen MR) is 71.1 cm³/mol. The lowest BCUT2D eigenvalue weighted by Gasteiger charge is -2.30. The minimum atomic E-state index is 0.0325. The quantitative estimate of drug-likeness (QED) is 0.864. The van der Waals surface area contributed by atoms with Crippen molar-refractivity contribution >= 4 is 0 Å². The molecule has 2 unspecified atom stereocenters. The molecule has 3 atom stereocenters. The summed E-state index contributed by atoms with van der Waals surface area (Å²) in [4.78, 5) is 0. The highest BCUT2D eigenvalue weighted by atomic mass is 16.5. The van der Waals surface area contributed by atoms with E-state index in [-0.39, 0.29) is 6.04 Å². The smallest absolute Gasteiger partial charge is 0.124 e. The summed E-state index contributed by atoms with van der Waals surface area (Å²) in [5.74, 6) is 1.63. The Balaban J connectivity index is 2.12. The van der Waals surface area contributed by atoms with Gasteiger partial charge in [-0.05, 0) is 38.2 Å². The number of ether oxygens (including phenoxy) is 1. The first-order chi connectivity index (χ1) is 8.18. The van der Waals surface area contributed by atoms with Gasteiger partial charge in [0.1, 0.15) is 11.9 Å². The molecular formula is C15H23NO. The van der Waals surface area contributed by atoms with E-state index in [1.807, 2.05) is 25.1 Å². The molecule has 0 amide bonds. The highest BCUT2D eigenvalue weighted by molar-refractivity contribution is 5.35. The summed E-state index contributed by atoms with van der Waals surface area (Å²) in [6, 6.07) is 8.18. The van der Waals surface area contributed by atoms with Crippen LogP contribution in [0.4, 0.5) is 0 Å². The van der Waals surface area contributed by atoms with Crippen molar-refractivity contribution in [3.63, 3.8) is 0 Å². The lowest BCUT2D eigenvalue weighted by atomic mass is 9.88. The third-order valence-corrected chi connectivity index (χ3v) is 3.72. The van der Waals surface area contributed by atoms with E-state index in [9.17, 15) is 0 Å². The van der Waals surface area contributed by atoms with E-state index in [4.69, 9.17) is 10.5 Å². The van der Waals surface area contributed by atoms with Crippen molar-refractivity contribution in [2.45, 2.75) is 51.7 Å². The summed E-state index contributed by atoms with van der Waals surface area (Å²) in [6.45, 7) is 4.30. The monoisotopic (exact) mass is 233 g/mol. The lowest BCUT2D eigenvalue weighted by Crippen LogP contribution is -2.28. The predicted octanol–water partition coefficient (Wildman–Crippen LogP) is 3.66. The standard InChI is InChI=1S/C15H23NO/c1-11-7-3-5-9-14(11)17-15-10-6-4-8-13(15)12(2)16/h4,6,8,10-12,14H,3,5,7,9,16H2,1-2H3/t11?,12-,14?/m1/s1. The topological polar surface area (TPSA) is 35.2 Å². The van der Waals surface area contributed by atoms with E-state index in [0.717, 1.165) is 11.3 Å². The van der Waals surface area contributed by atoms with Gasteiger partial charge in [0.25, 0.3) is 0 Å². The van der Waals surface area contributed by atoms with Crippen molar-refractivity contribution in [2.75, 3.05) is 0 Å². The van der Waals surface area contributed by atoms with E-state index >= 15 is 0 Å². The van der Waals surface area contributed by atoms with Gasteiger partial charge in [0.2, 0.25) is 0 Å². The van der Waals surface area contributed by atoms with Crippen LogP contribution in [0.5, 0.6) is 5.75 Å². The largest absolute Gasteiger partial charge is 0.490 e. The number of benzene rings is 1. The molecule has 1 aromatic rings. The molecule has 1 aliphatic rings. The molecule has 1 aromatic carbocycles. The Kier molecular flexibility index (Phi) is 4.06. The van der Waals surface area contributed by atoms with Gasteiger partial charge in [-0.2, -0.15) is 0 Å². The van der Waals surface area contributed by atoms with Crippen molar-refractivity contribution in [3.8, 4) is 5.75 Å². The third kappa shape index (κ3) is 3.01. The highest BCUT2D eigenvalue weighted by Gasteiger charge is 2.23. The van der Waals surface area contributed by atoms with Crippen LogP contribution in [-0.4, -0.2) is 6.10 Å².